The Morgan fingerprint density at radius 3 is 2.50 bits per heavy atom. The molecule has 0 saturated heterocycles. The van der Waals surface area contributed by atoms with Crippen LogP contribution in [0.5, 0.6) is 0 Å². The summed E-state index contributed by atoms with van der Waals surface area (Å²) in [5, 5.41) is 8.65. The van der Waals surface area contributed by atoms with E-state index in [0.29, 0.717) is 11.1 Å². The van der Waals surface area contributed by atoms with Crippen molar-refractivity contribution in [3.8, 4) is 0 Å². The topological polar surface area (TPSA) is 54.0 Å². The fraction of sp³-hybridized carbons (Fsp3) is 0.360. The van der Waals surface area contributed by atoms with Crippen LogP contribution in [0.2, 0.25) is 5.02 Å². The molecule has 4 rings (SSSR count). The lowest BCUT2D eigenvalue weighted by Gasteiger charge is -2.29. The molecular weight excluding hydrogens is 394 g/mol. The second kappa shape index (κ2) is 9.05. The quantitative estimate of drug-likeness (QED) is 0.527. The van der Waals surface area contributed by atoms with E-state index in [9.17, 15) is 4.79 Å². The van der Waals surface area contributed by atoms with Gasteiger partial charge in [0, 0.05) is 22.4 Å². The number of hydrogen-bond acceptors (Lipinski definition) is 3. The molecule has 0 bridgehead atoms. The molecule has 4 nitrogen and oxygen atoms in total. The lowest BCUT2D eigenvalue weighted by molar-refractivity contribution is -0.126. The Labute approximate surface area is 183 Å². The molecule has 1 aromatic heterocycles. The van der Waals surface area contributed by atoms with Crippen LogP contribution in [0.15, 0.2) is 54.6 Å². The van der Waals surface area contributed by atoms with Crippen LogP contribution in [0.25, 0.3) is 10.9 Å². The number of anilines is 1. The Kier molecular flexibility index (Phi) is 6.24. The first kappa shape index (κ1) is 20.7. The average Bonchev–Trinajstić information content (AvgIpc) is 2.74. The first-order valence-electron chi connectivity index (χ1n) is 10.7. The number of para-hydroxylation sites is 1. The fourth-order valence-corrected chi connectivity index (χ4v) is 4.42. The Balaban J connectivity index is 1.31. The number of amides is 1. The number of hydrogen-bond donors (Lipinski definition) is 2. The summed E-state index contributed by atoms with van der Waals surface area (Å²) in [6.07, 6.45) is 3.73. The molecule has 30 heavy (non-hydrogen) atoms. The minimum atomic E-state index is -0.0182. The van der Waals surface area contributed by atoms with Gasteiger partial charge in [0.05, 0.1) is 11.6 Å². The molecule has 1 aliphatic rings. The summed E-state index contributed by atoms with van der Waals surface area (Å²) >= 11 is 5.96. The summed E-state index contributed by atoms with van der Waals surface area (Å²) in [6, 6.07) is 18.3. The number of carbonyl (C=O) groups is 1. The van der Waals surface area contributed by atoms with Gasteiger partial charge in [-0.25, -0.2) is 4.98 Å². The first-order chi connectivity index (χ1) is 14.5. The summed E-state index contributed by atoms with van der Waals surface area (Å²) in [6.45, 7) is 4.14. The van der Waals surface area contributed by atoms with Crippen molar-refractivity contribution in [2.45, 2.75) is 51.6 Å². The van der Waals surface area contributed by atoms with Gasteiger partial charge in [0.15, 0.2) is 0 Å². The smallest absolute Gasteiger partial charge is 0.223 e. The van der Waals surface area contributed by atoms with Gasteiger partial charge in [0.2, 0.25) is 5.91 Å². The lowest BCUT2D eigenvalue weighted by atomic mass is 9.85. The predicted octanol–water partition coefficient (Wildman–Crippen LogP) is 6.04. The van der Waals surface area contributed by atoms with E-state index in [-0.39, 0.29) is 17.9 Å². The van der Waals surface area contributed by atoms with E-state index in [1.807, 2.05) is 43.3 Å². The van der Waals surface area contributed by atoms with Crippen LogP contribution in [0.4, 0.5) is 5.82 Å². The van der Waals surface area contributed by atoms with E-state index < -0.39 is 0 Å². The third kappa shape index (κ3) is 4.76. The van der Waals surface area contributed by atoms with Crippen LogP contribution in [-0.4, -0.2) is 16.9 Å². The average molecular weight is 422 g/mol. The number of nitrogens with one attached hydrogen (secondary N) is 2. The highest BCUT2D eigenvalue weighted by Crippen LogP contribution is 2.28. The van der Waals surface area contributed by atoms with Gasteiger partial charge in [-0.3, -0.25) is 4.79 Å². The van der Waals surface area contributed by atoms with Crippen molar-refractivity contribution >= 4 is 34.2 Å². The summed E-state index contributed by atoms with van der Waals surface area (Å²) in [5.74, 6) is 1.15. The molecule has 0 unspecified atom stereocenters. The number of nitrogens with zero attached hydrogens (tertiary/aromatic N) is 1. The first-order valence-corrected chi connectivity index (χ1v) is 11.1. The van der Waals surface area contributed by atoms with Crippen LogP contribution in [0.1, 0.15) is 49.8 Å². The number of fused-ring (bicyclic) bond motifs is 1. The monoisotopic (exact) mass is 421 g/mol. The van der Waals surface area contributed by atoms with E-state index in [0.717, 1.165) is 42.6 Å². The molecule has 1 amide bonds. The number of rotatable bonds is 5. The van der Waals surface area contributed by atoms with Crippen molar-refractivity contribution in [2.75, 3.05) is 5.32 Å². The fourth-order valence-electron chi connectivity index (χ4n) is 4.30. The number of carbonyl (C=O) groups excluding carboxylic acids is 1. The van der Waals surface area contributed by atoms with Crippen LogP contribution < -0.4 is 10.6 Å². The largest absolute Gasteiger partial charge is 0.367 e. The van der Waals surface area contributed by atoms with Gasteiger partial charge in [-0.1, -0.05) is 41.9 Å². The molecule has 1 atom stereocenters. The summed E-state index contributed by atoms with van der Waals surface area (Å²) < 4.78 is 0. The maximum atomic E-state index is 12.7. The molecule has 5 heteroatoms. The van der Waals surface area contributed by atoms with Gasteiger partial charge >= 0.3 is 0 Å². The maximum Gasteiger partial charge on any atom is 0.223 e. The highest BCUT2D eigenvalue weighted by Gasteiger charge is 2.27. The van der Waals surface area contributed by atoms with Crippen molar-refractivity contribution in [1.82, 2.24) is 10.3 Å². The number of halogens is 1. The molecule has 2 aromatic carbocycles. The van der Waals surface area contributed by atoms with Crippen LogP contribution in [0.3, 0.4) is 0 Å². The molecule has 1 heterocycles. The molecule has 0 spiro atoms. The van der Waals surface area contributed by atoms with E-state index in [1.54, 1.807) is 0 Å². The molecule has 1 aliphatic carbocycles. The number of aryl methyl sites for hydroxylation is 1. The second-order valence-corrected chi connectivity index (χ2v) is 8.75. The number of benzene rings is 2. The normalized spacial score (nSPS) is 20.0. The van der Waals surface area contributed by atoms with Crippen LogP contribution >= 0.6 is 11.6 Å². The van der Waals surface area contributed by atoms with E-state index in [4.69, 9.17) is 16.6 Å². The van der Waals surface area contributed by atoms with Gasteiger partial charge in [-0.2, -0.15) is 0 Å². The molecular formula is C25H28ClN3O. The Hall–Kier alpha value is -2.59. The summed E-state index contributed by atoms with van der Waals surface area (Å²) in [7, 11) is 0. The molecule has 1 fully saturated rings. The van der Waals surface area contributed by atoms with Crippen LogP contribution in [0, 0.1) is 12.8 Å². The van der Waals surface area contributed by atoms with E-state index in [2.05, 4.69) is 35.8 Å². The lowest BCUT2D eigenvalue weighted by Crippen LogP contribution is -2.37. The van der Waals surface area contributed by atoms with E-state index >= 15 is 0 Å². The van der Waals surface area contributed by atoms with Crippen molar-refractivity contribution in [3.05, 3.63) is 70.7 Å². The molecule has 1 saturated carbocycles. The van der Waals surface area contributed by atoms with E-state index in [1.165, 1.54) is 10.9 Å². The third-order valence-corrected chi connectivity index (χ3v) is 6.35. The Bertz CT molecular complexity index is 1030. The predicted molar refractivity (Wildman–Crippen MR) is 124 cm³/mol. The molecule has 0 aliphatic heterocycles. The minimum Gasteiger partial charge on any atom is -0.367 e. The third-order valence-electron chi connectivity index (χ3n) is 6.10. The zero-order valence-electron chi connectivity index (χ0n) is 17.5. The number of aromatic nitrogens is 1. The molecule has 156 valence electrons. The highest BCUT2D eigenvalue weighted by atomic mass is 35.5. The van der Waals surface area contributed by atoms with Gasteiger partial charge in [0.1, 0.15) is 5.82 Å². The SMILES string of the molecule is Cc1cc(NC2CCC(C(=O)N[C@H](C)c3ccc(Cl)cc3)CC2)nc2ccccc12. The van der Waals surface area contributed by atoms with Crippen molar-refractivity contribution in [2.24, 2.45) is 5.92 Å². The zero-order chi connectivity index (χ0) is 21.1. The Morgan fingerprint density at radius 2 is 1.77 bits per heavy atom. The van der Waals surface area contributed by atoms with Gasteiger partial charge in [-0.05, 0) is 74.9 Å². The Morgan fingerprint density at radius 1 is 1.07 bits per heavy atom. The molecule has 2 N–H and O–H groups in total. The highest BCUT2D eigenvalue weighted by molar-refractivity contribution is 6.30. The van der Waals surface area contributed by atoms with Gasteiger partial charge in [-0.15, -0.1) is 0 Å². The second-order valence-electron chi connectivity index (χ2n) is 8.32. The van der Waals surface area contributed by atoms with Crippen molar-refractivity contribution < 1.29 is 4.79 Å². The van der Waals surface area contributed by atoms with Gasteiger partial charge in [0.25, 0.3) is 0 Å². The van der Waals surface area contributed by atoms with Crippen LogP contribution in [-0.2, 0) is 4.79 Å². The summed E-state index contributed by atoms with van der Waals surface area (Å²) in [5.41, 5.74) is 3.32. The molecule has 3 aromatic rings. The zero-order valence-corrected chi connectivity index (χ0v) is 18.2. The minimum absolute atomic E-state index is 0.0182. The molecule has 0 radical (unpaired) electrons. The maximum absolute atomic E-state index is 12.7. The number of pyridine rings is 1. The van der Waals surface area contributed by atoms with Crippen molar-refractivity contribution in [1.29, 1.82) is 0 Å². The van der Waals surface area contributed by atoms with Crippen molar-refractivity contribution in [3.63, 3.8) is 0 Å². The van der Waals surface area contributed by atoms with Gasteiger partial charge < -0.3 is 10.6 Å². The summed E-state index contributed by atoms with van der Waals surface area (Å²) in [4.78, 5) is 17.5. The standard InChI is InChI=1S/C25H28ClN3O/c1-16-15-24(29-23-6-4-3-5-22(16)23)28-21-13-9-19(10-14-21)25(30)27-17(2)18-7-11-20(26)12-8-18/h3-8,11-12,15,17,19,21H,9-10,13-14H2,1-2H3,(H,27,30)(H,28,29)/t17-,19?,21?/m1/s1.